The highest BCUT2D eigenvalue weighted by Crippen LogP contribution is 1.71. The van der Waals surface area contributed by atoms with Crippen LogP contribution in [0.5, 0.6) is 0 Å². The minimum absolute atomic E-state index is 0.144. The van der Waals surface area contributed by atoms with E-state index in [1.54, 1.807) is 0 Å². The average Bonchev–Trinajstić information content (AvgIpc) is 1.97. The third-order valence-electron chi connectivity index (χ3n) is 1.12. The van der Waals surface area contributed by atoms with E-state index < -0.39 is 0 Å². The molecule has 0 fully saturated rings. The third kappa shape index (κ3) is 5.97. The van der Waals surface area contributed by atoms with E-state index in [0.717, 1.165) is 0 Å². The lowest BCUT2D eigenvalue weighted by atomic mass is 10.5. The maximum atomic E-state index is 8.40. The van der Waals surface area contributed by atoms with E-state index in [0.29, 0.717) is 13.1 Å². The Labute approximate surface area is 61.3 Å². The lowest BCUT2D eigenvalue weighted by Crippen LogP contribution is -2.42. The zero-order chi connectivity index (χ0) is 7.82. The van der Waals surface area contributed by atoms with Gasteiger partial charge in [0.15, 0.2) is 0 Å². The van der Waals surface area contributed by atoms with Gasteiger partial charge in [0.05, 0.1) is 19.4 Å². The second-order valence-corrected chi connectivity index (χ2v) is 2.08. The first-order valence-electron chi connectivity index (χ1n) is 3.49. The standard InChI is InChI=1S/C6H16N2O2/c1-6(7-2-4-9)8-3-5-10/h6-10H,2-5H2,1H3. The highest BCUT2D eigenvalue weighted by atomic mass is 16.3. The van der Waals surface area contributed by atoms with Gasteiger partial charge in [-0.3, -0.25) is 10.6 Å². The van der Waals surface area contributed by atoms with Crippen molar-refractivity contribution >= 4 is 0 Å². The molecule has 10 heavy (non-hydrogen) atoms. The first-order chi connectivity index (χ1) is 4.81. The summed E-state index contributed by atoms with van der Waals surface area (Å²) in [5.74, 6) is 0. The molecule has 0 aliphatic heterocycles. The van der Waals surface area contributed by atoms with Gasteiger partial charge in [-0.2, -0.15) is 0 Å². The van der Waals surface area contributed by atoms with Crippen LogP contribution in [0.1, 0.15) is 6.92 Å². The molecule has 4 heteroatoms. The highest BCUT2D eigenvalue weighted by molar-refractivity contribution is 4.56. The van der Waals surface area contributed by atoms with E-state index >= 15 is 0 Å². The quantitative estimate of drug-likeness (QED) is 0.346. The monoisotopic (exact) mass is 148 g/mol. The zero-order valence-electron chi connectivity index (χ0n) is 6.30. The van der Waals surface area contributed by atoms with Crippen LogP contribution in [0.2, 0.25) is 0 Å². The number of hydrogen-bond donors (Lipinski definition) is 4. The van der Waals surface area contributed by atoms with Crippen LogP contribution >= 0.6 is 0 Å². The van der Waals surface area contributed by atoms with Gasteiger partial charge in [0.25, 0.3) is 0 Å². The van der Waals surface area contributed by atoms with Crippen LogP contribution in [-0.2, 0) is 0 Å². The molecule has 0 aromatic carbocycles. The fourth-order valence-electron chi connectivity index (χ4n) is 0.634. The topological polar surface area (TPSA) is 64.5 Å². The van der Waals surface area contributed by atoms with Crippen molar-refractivity contribution in [2.24, 2.45) is 0 Å². The summed E-state index contributed by atoms with van der Waals surface area (Å²) >= 11 is 0. The molecule has 0 bridgehead atoms. The summed E-state index contributed by atoms with van der Waals surface area (Å²) in [7, 11) is 0. The minimum atomic E-state index is 0.144. The van der Waals surface area contributed by atoms with E-state index in [2.05, 4.69) is 10.6 Å². The van der Waals surface area contributed by atoms with Gasteiger partial charge in [0, 0.05) is 13.1 Å². The number of hydrogen-bond acceptors (Lipinski definition) is 4. The number of nitrogens with one attached hydrogen (secondary N) is 2. The molecule has 4 nitrogen and oxygen atoms in total. The number of rotatable bonds is 6. The molecule has 0 aliphatic rings. The maximum absolute atomic E-state index is 8.40. The minimum Gasteiger partial charge on any atom is -0.395 e. The van der Waals surface area contributed by atoms with Gasteiger partial charge in [-0.25, -0.2) is 0 Å². The molecule has 0 unspecified atom stereocenters. The summed E-state index contributed by atoms with van der Waals surface area (Å²) in [5.41, 5.74) is 0. The van der Waals surface area contributed by atoms with Crippen LogP contribution in [0, 0.1) is 0 Å². The van der Waals surface area contributed by atoms with Crippen molar-refractivity contribution in [3.63, 3.8) is 0 Å². The Hall–Kier alpha value is -0.160. The molecule has 0 heterocycles. The number of aliphatic hydroxyl groups is 2. The molecule has 0 saturated heterocycles. The molecule has 0 rings (SSSR count). The largest absolute Gasteiger partial charge is 0.395 e. The second kappa shape index (κ2) is 6.95. The van der Waals surface area contributed by atoms with Crippen LogP contribution in [0.25, 0.3) is 0 Å². The van der Waals surface area contributed by atoms with Crippen molar-refractivity contribution in [1.82, 2.24) is 10.6 Å². The van der Waals surface area contributed by atoms with Crippen LogP contribution in [-0.4, -0.2) is 42.7 Å². The van der Waals surface area contributed by atoms with Gasteiger partial charge in [0.1, 0.15) is 0 Å². The fraction of sp³-hybridized carbons (Fsp3) is 1.00. The summed E-state index contributed by atoms with van der Waals surface area (Å²) in [4.78, 5) is 0. The Morgan fingerprint density at radius 1 is 1.10 bits per heavy atom. The Bertz CT molecular complexity index is 62.8. The van der Waals surface area contributed by atoms with Gasteiger partial charge >= 0.3 is 0 Å². The molecule has 4 N–H and O–H groups in total. The van der Waals surface area contributed by atoms with Gasteiger partial charge in [-0.15, -0.1) is 0 Å². The van der Waals surface area contributed by atoms with Crippen molar-refractivity contribution in [2.75, 3.05) is 26.3 Å². The zero-order valence-corrected chi connectivity index (χ0v) is 6.30. The molecule has 0 saturated carbocycles. The molecule has 62 valence electrons. The van der Waals surface area contributed by atoms with Gasteiger partial charge in [-0.05, 0) is 6.92 Å². The molecule has 0 spiro atoms. The van der Waals surface area contributed by atoms with Crippen molar-refractivity contribution in [3.8, 4) is 0 Å². The van der Waals surface area contributed by atoms with Crippen molar-refractivity contribution < 1.29 is 10.2 Å². The van der Waals surface area contributed by atoms with E-state index in [-0.39, 0.29) is 19.4 Å². The molecule has 0 aromatic rings. The second-order valence-electron chi connectivity index (χ2n) is 2.08. The first-order valence-corrected chi connectivity index (χ1v) is 3.49. The molecule has 0 atom stereocenters. The van der Waals surface area contributed by atoms with E-state index in [1.807, 2.05) is 6.92 Å². The molecule has 0 radical (unpaired) electrons. The lowest BCUT2D eigenvalue weighted by molar-refractivity contribution is 0.263. The SMILES string of the molecule is CC(NCCO)NCCO. The molecule has 0 aliphatic carbocycles. The van der Waals surface area contributed by atoms with Gasteiger partial charge in [0.2, 0.25) is 0 Å². The maximum Gasteiger partial charge on any atom is 0.0556 e. The highest BCUT2D eigenvalue weighted by Gasteiger charge is 1.95. The smallest absolute Gasteiger partial charge is 0.0556 e. The fourth-order valence-corrected chi connectivity index (χ4v) is 0.634. The Balaban J connectivity index is 3.00. The summed E-state index contributed by atoms with van der Waals surface area (Å²) < 4.78 is 0. The van der Waals surface area contributed by atoms with Crippen LogP contribution in [0.4, 0.5) is 0 Å². The molecular formula is C6H16N2O2. The van der Waals surface area contributed by atoms with Gasteiger partial charge < -0.3 is 10.2 Å². The van der Waals surface area contributed by atoms with Crippen molar-refractivity contribution in [2.45, 2.75) is 13.1 Å². The normalized spacial score (nSPS) is 10.8. The molecular weight excluding hydrogens is 132 g/mol. The van der Waals surface area contributed by atoms with Crippen LogP contribution in [0.3, 0.4) is 0 Å². The van der Waals surface area contributed by atoms with Crippen LogP contribution in [0.15, 0.2) is 0 Å². The molecule has 0 aromatic heterocycles. The van der Waals surface area contributed by atoms with Crippen molar-refractivity contribution in [3.05, 3.63) is 0 Å². The summed E-state index contributed by atoms with van der Waals surface area (Å²) in [6.45, 7) is 3.39. The summed E-state index contributed by atoms with van der Waals surface area (Å²) in [5, 5.41) is 22.8. The molecule has 0 amide bonds. The van der Waals surface area contributed by atoms with Crippen LogP contribution < -0.4 is 10.6 Å². The Morgan fingerprint density at radius 2 is 1.50 bits per heavy atom. The van der Waals surface area contributed by atoms with E-state index in [9.17, 15) is 0 Å². The number of aliphatic hydroxyl groups excluding tert-OH is 2. The van der Waals surface area contributed by atoms with E-state index in [4.69, 9.17) is 10.2 Å². The van der Waals surface area contributed by atoms with Crippen molar-refractivity contribution in [1.29, 1.82) is 0 Å². The average molecular weight is 148 g/mol. The predicted octanol–water partition coefficient (Wildman–Crippen LogP) is -1.50. The summed E-state index contributed by atoms with van der Waals surface area (Å²) in [6.07, 6.45) is 0.152. The lowest BCUT2D eigenvalue weighted by Gasteiger charge is -2.13. The van der Waals surface area contributed by atoms with Gasteiger partial charge in [-0.1, -0.05) is 0 Å². The summed E-state index contributed by atoms with van der Waals surface area (Å²) in [6, 6.07) is 0. The predicted molar refractivity (Wildman–Crippen MR) is 39.6 cm³/mol. The third-order valence-corrected chi connectivity index (χ3v) is 1.12. The van der Waals surface area contributed by atoms with E-state index in [1.165, 1.54) is 0 Å². The Kier molecular flexibility index (Phi) is 6.84. The first kappa shape index (κ1) is 9.84. The Morgan fingerprint density at radius 3 is 1.80 bits per heavy atom.